The molecule has 1 aliphatic heterocycles. The Labute approximate surface area is 178 Å². The molecule has 8 nitrogen and oxygen atoms in total. The van der Waals surface area contributed by atoms with Crippen LogP contribution in [-0.4, -0.2) is 77.5 Å². The van der Waals surface area contributed by atoms with Crippen molar-refractivity contribution in [1.29, 1.82) is 0 Å². The molecule has 162 valence electrons. The molecule has 30 heavy (non-hydrogen) atoms. The molecule has 1 aliphatic rings. The lowest BCUT2D eigenvalue weighted by Gasteiger charge is -2.35. The number of sulfonamides is 1. The number of methoxy groups -OCH3 is 1. The third-order valence-electron chi connectivity index (χ3n) is 5.09. The Balaban J connectivity index is 1.49. The minimum Gasteiger partial charge on any atom is -0.497 e. The Hall–Kier alpha value is -2.62. The monoisotopic (exact) mass is 432 g/mol. The molecular weight excluding hydrogens is 404 g/mol. The van der Waals surface area contributed by atoms with Crippen LogP contribution >= 0.6 is 0 Å². The largest absolute Gasteiger partial charge is 0.497 e. The Morgan fingerprint density at radius 3 is 2.13 bits per heavy atom. The first-order chi connectivity index (χ1) is 14.3. The predicted octanol–water partition coefficient (Wildman–Crippen LogP) is 1.71. The second kappa shape index (κ2) is 9.46. The van der Waals surface area contributed by atoms with Gasteiger partial charge in [0.2, 0.25) is 15.9 Å². The van der Waals surface area contributed by atoms with E-state index in [4.69, 9.17) is 4.74 Å². The smallest absolute Gasteiger partial charge is 0.242 e. The van der Waals surface area contributed by atoms with Gasteiger partial charge in [-0.25, -0.2) is 12.7 Å². The molecule has 1 N–H and O–H groups in total. The summed E-state index contributed by atoms with van der Waals surface area (Å²) in [5.41, 5.74) is 1.72. The van der Waals surface area contributed by atoms with Crippen LogP contribution in [0.4, 0.5) is 11.4 Å². The van der Waals surface area contributed by atoms with Crippen molar-refractivity contribution in [1.82, 2.24) is 9.21 Å². The van der Waals surface area contributed by atoms with Gasteiger partial charge in [0.25, 0.3) is 0 Å². The second-order valence-corrected chi connectivity index (χ2v) is 9.47. The van der Waals surface area contributed by atoms with Crippen molar-refractivity contribution in [2.45, 2.75) is 4.90 Å². The van der Waals surface area contributed by atoms with E-state index in [1.807, 2.05) is 24.3 Å². The minimum absolute atomic E-state index is 0.115. The highest BCUT2D eigenvalue weighted by Gasteiger charge is 2.20. The van der Waals surface area contributed by atoms with Crippen molar-refractivity contribution in [2.24, 2.45) is 0 Å². The minimum atomic E-state index is -3.48. The van der Waals surface area contributed by atoms with E-state index in [0.29, 0.717) is 12.2 Å². The Morgan fingerprint density at radius 1 is 1.00 bits per heavy atom. The summed E-state index contributed by atoms with van der Waals surface area (Å²) >= 11 is 0. The van der Waals surface area contributed by atoms with E-state index in [0.717, 1.165) is 41.9 Å². The van der Waals surface area contributed by atoms with Crippen LogP contribution in [0.3, 0.4) is 0 Å². The molecule has 2 aromatic rings. The molecule has 1 fully saturated rings. The maximum atomic E-state index is 12.4. The number of piperazine rings is 1. The Kier molecular flexibility index (Phi) is 6.96. The van der Waals surface area contributed by atoms with Gasteiger partial charge in [0.15, 0.2) is 0 Å². The lowest BCUT2D eigenvalue weighted by Crippen LogP contribution is -2.48. The second-order valence-electron chi connectivity index (χ2n) is 7.32. The molecule has 1 amide bonds. The molecule has 0 saturated carbocycles. The van der Waals surface area contributed by atoms with Crippen LogP contribution in [-0.2, 0) is 14.8 Å². The van der Waals surface area contributed by atoms with Crippen molar-refractivity contribution in [3.05, 3.63) is 48.5 Å². The molecule has 1 heterocycles. The predicted molar refractivity (Wildman–Crippen MR) is 118 cm³/mol. The van der Waals surface area contributed by atoms with Gasteiger partial charge in [-0.15, -0.1) is 0 Å². The van der Waals surface area contributed by atoms with Crippen molar-refractivity contribution in [3.8, 4) is 5.75 Å². The van der Waals surface area contributed by atoms with E-state index < -0.39 is 10.0 Å². The normalized spacial score (nSPS) is 15.3. The molecule has 0 spiro atoms. The number of nitrogens with zero attached hydrogens (tertiary/aromatic N) is 3. The lowest BCUT2D eigenvalue weighted by molar-refractivity contribution is -0.117. The third-order valence-corrected chi connectivity index (χ3v) is 6.92. The van der Waals surface area contributed by atoms with Crippen LogP contribution in [0, 0.1) is 0 Å². The van der Waals surface area contributed by atoms with Crippen molar-refractivity contribution in [2.75, 3.05) is 64.1 Å². The van der Waals surface area contributed by atoms with E-state index in [-0.39, 0.29) is 10.8 Å². The summed E-state index contributed by atoms with van der Waals surface area (Å²) < 4.78 is 30.6. The number of ether oxygens (including phenoxy) is 1. The van der Waals surface area contributed by atoms with Gasteiger partial charge in [-0.05, 0) is 48.5 Å². The number of benzene rings is 2. The number of carbonyl (C=O) groups excluding carboxylic acids is 1. The van der Waals surface area contributed by atoms with Crippen LogP contribution < -0.4 is 15.0 Å². The number of carbonyl (C=O) groups is 1. The van der Waals surface area contributed by atoms with E-state index in [9.17, 15) is 13.2 Å². The van der Waals surface area contributed by atoms with Crippen LogP contribution in [0.1, 0.15) is 0 Å². The molecule has 0 aliphatic carbocycles. The maximum Gasteiger partial charge on any atom is 0.242 e. The Morgan fingerprint density at radius 2 is 1.60 bits per heavy atom. The highest BCUT2D eigenvalue weighted by atomic mass is 32.2. The number of hydrogen-bond donors (Lipinski definition) is 1. The molecule has 1 saturated heterocycles. The molecule has 3 rings (SSSR count). The molecular formula is C21H28N4O4S. The maximum absolute atomic E-state index is 12.4. The first kappa shape index (κ1) is 22.1. The average molecular weight is 433 g/mol. The van der Waals surface area contributed by atoms with E-state index in [1.165, 1.54) is 26.2 Å². The molecule has 0 aromatic heterocycles. The first-order valence-corrected chi connectivity index (χ1v) is 11.2. The zero-order chi connectivity index (χ0) is 21.7. The van der Waals surface area contributed by atoms with Gasteiger partial charge in [-0.2, -0.15) is 0 Å². The average Bonchev–Trinajstić information content (AvgIpc) is 2.74. The van der Waals surface area contributed by atoms with Crippen LogP contribution in [0.25, 0.3) is 0 Å². The van der Waals surface area contributed by atoms with Crippen LogP contribution in [0.2, 0.25) is 0 Å². The molecule has 9 heteroatoms. The first-order valence-electron chi connectivity index (χ1n) is 9.73. The van der Waals surface area contributed by atoms with E-state index >= 15 is 0 Å². The number of nitrogens with one attached hydrogen (secondary N) is 1. The molecule has 0 bridgehead atoms. The van der Waals surface area contributed by atoms with Gasteiger partial charge in [0, 0.05) is 51.6 Å². The number of amides is 1. The highest BCUT2D eigenvalue weighted by molar-refractivity contribution is 7.89. The van der Waals surface area contributed by atoms with Gasteiger partial charge < -0.3 is 15.0 Å². The summed E-state index contributed by atoms with van der Waals surface area (Å²) in [6.07, 6.45) is 0. The topological polar surface area (TPSA) is 82.2 Å². The highest BCUT2D eigenvalue weighted by Crippen LogP contribution is 2.21. The number of anilines is 2. The standard InChI is InChI=1S/C21H28N4O4S/c1-23(2)30(27,28)20-10-4-17(5-11-20)22-21(26)16-24-12-14-25(15-13-24)18-6-8-19(29-3)9-7-18/h4-11H,12-16H2,1-3H3,(H,22,26). The van der Waals surface area contributed by atoms with Crippen molar-refractivity contribution < 1.29 is 17.9 Å². The summed E-state index contributed by atoms with van der Waals surface area (Å²) in [5, 5.41) is 2.84. The Bertz CT molecular complexity index is 952. The fraction of sp³-hybridized carbons (Fsp3) is 0.381. The number of rotatable bonds is 7. The van der Waals surface area contributed by atoms with Gasteiger partial charge in [-0.3, -0.25) is 9.69 Å². The summed E-state index contributed by atoms with van der Waals surface area (Å²) in [4.78, 5) is 17.0. The zero-order valence-corrected chi connectivity index (χ0v) is 18.4. The van der Waals surface area contributed by atoms with Crippen LogP contribution in [0.5, 0.6) is 5.75 Å². The summed E-state index contributed by atoms with van der Waals surface area (Å²) in [6, 6.07) is 14.2. The zero-order valence-electron chi connectivity index (χ0n) is 17.5. The van der Waals surface area contributed by atoms with Crippen molar-refractivity contribution >= 4 is 27.3 Å². The van der Waals surface area contributed by atoms with Gasteiger partial charge in [-0.1, -0.05) is 0 Å². The summed E-state index contributed by atoms with van der Waals surface area (Å²) in [5.74, 6) is 0.720. The van der Waals surface area contributed by atoms with Crippen LogP contribution in [0.15, 0.2) is 53.4 Å². The van der Waals surface area contributed by atoms with Gasteiger partial charge >= 0.3 is 0 Å². The molecule has 0 atom stereocenters. The number of hydrogen-bond acceptors (Lipinski definition) is 6. The van der Waals surface area contributed by atoms with E-state index in [2.05, 4.69) is 15.1 Å². The van der Waals surface area contributed by atoms with Gasteiger partial charge in [0.05, 0.1) is 18.6 Å². The van der Waals surface area contributed by atoms with Gasteiger partial charge in [0.1, 0.15) is 5.75 Å². The summed E-state index contributed by atoms with van der Waals surface area (Å²) in [7, 11) is 1.15. The van der Waals surface area contributed by atoms with E-state index in [1.54, 1.807) is 19.2 Å². The quantitative estimate of drug-likeness (QED) is 0.717. The third kappa shape index (κ3) is 5.29. The SMILES string of the molecule is COc1ccc(N2CCN(CC(=O)Nc3ccc(S(=O)(=O)N(C)C)cc3)CC2)cc1. The fourth-order valence-corrected chi connectivity index (χ4v) is 4.18. The molecule has 2 aromatic carbocycles. The fourth-order valence-electron chi connectivity index (χ4n) is 3.28. The molecule has 0 radical (unpaired) electrons. The summed E-state index contributed by atoms with van der Waals surface area (Å²) in [6.45, 7) is 3.57. The molecule has 0 unspecified atom stereocenters. The lowest BCUT2D eigenvalue weighted by atomic mass is 10.2. The van der Waals surface area contributed by atoms with Crippen molar-refractivity contribution in [3.63, 3.8) is 0 Å².